The lowest BCUT2D eigenvalue weighted by atomic mass is 10.1. The molecule has 2 aromatic rings. The Hall–Kier alpha value is -2.45. The van der Waals surface area contributed by atoms with Crippen molar-refractivity contribution in [2.45, 2.75) is 19.0 Å². The Labute approximate surface area is 166 Å². The minimum Gasteiger partial charge on any atom is -0.381 e. The first-order valence-electron chi connectivity index (χ1n) is 9.06. The van der Waals surface area contributed by atoms with Crippen molar-refractivity contribution in [2.24, 2.45) is 11.8 Å². The maximum atomic E-state index is 13.9. The Morgan fingerprint density at radius 2 is 2.00 bits per heavy atom. The van der Waals surface area contributed by atoms with Crippen LogP contribution >= 0.6 is 11.6 Å². The third-order valence-electron chi connectivity index (χ3n) is 5.47. The van der Waals surface area contributed by atoms with Crippen LogP contribution in [0.2, 0.25) is 5.02 Å². The van der Waals surface area contributed by atoms with Gasteiger partial charge in [-0.15, -0.1) is 0 Å². The molecule has 9 heteroatoms. The quantitative estimate of drug-likeness (QED) is 0.795. The van der Waals surface area contributed by atoms with Gasteiger partial charge in [-0.25, -0.2) is 4.39 Å². The van der Waals surface area contributed by atoms with E-state index >= 15 is 0 Å². The summed E-state index contributed by atoms with van der Waals surface area (Å²) in [5.74, 6) is -0.577. The normalized spacial score (nSPS) is 23.8. The summed E-state index contributed by atoms with van der Waals surface area (Å²) >= 11 is 5.76. The van der Waals surface area contributed by atoms with Crippen LogP contribution in [-0.4, -0.2) is 47.9 Å². The van der Waals surface area contributed by atoms with Crippen LogP contribution in [0.1, 0.15) is 39.5 Å². The highest BCUT2D eigenvalue weighted by Gasteiger charge is 2.55. The van der Waals surface area contributed by atoms with E-state index < -0.39 is 17.8 Å². The molecule has 2 N–H and O–H groups in total. The van der Waals surface area contributed by atoms with E-state index in [1.54, 1.807) is 13.0 Å². The zero-order valence-electron chi connectivity index (χ0n) is 15.4. The van der Waals surface area contributed by atoms with E-state index in [1.807, 2.05) is 0 Å². The molecule has 0 radical (unpaired) electrons. The Morgan fingerprint density at radius 3 is 2.64 bits per heavy atom. The van der Waals surface area contributed by atoms with Crippen LogP contribution in [0.4, 0.5) is 4.39 Å². The molecular formula is C19H20ClFN4O3. The molecule has 1 aliphatic carbocycles. The second kappa shape index (κ2) is 7.18. The Kier molecular flexibility index (Phi) is 4.84. The molecule has 4 rings (SSSR count). The second-order valence-electron chi connectivity index (χ2n) is 7.15. The van der Waals surface area contributed by atoms with Crippen LogP contribution in [0.3, 0.4) is 0 Å². The highest BCUT2D eigenvalue weighted by atomic mass is 35.5. The first-order chi connectivity index (χ1) is 13.4. The maximum Gasteiger partial charge on any atom is 0.271 e. The molecule has 2 fully saturated rings. The predicted molar refractivity (Wildman–Crippen MR) is 99.9 cm³/mol. The summed E-state index contributed by atoms with van der Waals surface area (Å²) < 4.78 is 20.7. The zero-order valence-corrected chi connectivity index (χ0v) is 16.2. The number of benzene rings is 1. The van der Waals surface area contributed by atoms with E-state index in [0.717, 1.165) is 0 Å². The molecular weight excluding hydrogens is 387 g/mol. The molecule has 7 nitrogen and oxygen atoms in total. The minimum atomic E-state index is -0.554. The van der Waals surface area contributed by atoms with Crippen molar-refractivity contribution < 1.29 is 18.7 Å². The summed E-state index contributed by atoms with van der Waals surface area (Å²) in [4.78, 5) is 24.9. The van der Waals surface area contributed by atoms with Gasteiger partial charge in [-0.1, -0.05) is 17.7 Å². The summed E-state index contributed by atoms with van der Waals surface area (Å²) in [5, 5.41) is 9.81. The number of halogens is 2. The van der Waals surface area contributed by atoms with E-state index in [-0.39, 0.29) is 28.4 Å². The molecule has 0 bridgehead atoms. The Balaban J connectivity index is 1.64. The van der Waals surface area contributed by atoms with Crippen LogP contribution < -0.4 is 10.6 Å². The maximum absolute atomic E-state index is 13.9. The Morgan fingerprint density at radius 1 is 1.29 bits per heavy atom. The van der Waals surface area contributed by atoms with Crippen LogP contribution in [0.5, 0.6) is 0 Å². The number of nitrogens with one attached hydrogen (secondary N) is 2. The average Bonchev–Trinajstić information content (AvgIpc) is 3.10. The fourth-order valence-corrected chi connectivity index (χ4v) is 3.81. The third-order valence-corrected chi connectivity index (χ3v) is 5.78. The van der Waals surface area contributed by atoms with Crippen molar-refractivity contribution in [3.63, 3.8) is 0 Å². The van der Waals surface area contributed by atoms with Gasteiger partial charge in [0, 0.05) is 31.0 Å². The standard InChI is InChI=1S/C19H20ClFN4O3/c1-9(10-3-4-13(20)14(21)5-10)25-16(6-15(24-25)18(26)22-2)19(27)23-17-11-7-28-8-12(11)17/h3-6,9,11-12,17H,7-8H2,1-2H3,(H,22,26)(H,23,27)/t9?,11-,12+,17?. The van der Waals surface area contributed by atoms with Gasteiger partial charge < -0.3 is 15.4 Å². The highest BCUT2D eigenvalue weighted by Crippen LogP contribution is 2.44. The van der Waals surface area contributed by atoms with Gasteiger partial charge in [-0.2, -0.15) is 5.10 Å². The minimum absolute atomic E-state index is 0.0166. The number of carbonyl (C=O) groups is 2. The number of ether oxygens (including phenoxy) is 1. The first-order valence-corrected chi connectivity index (χ1v) is 9.43. The summed E-state index contributed by atoms with van der Waals surface area (Å²) in [6.45, 7) is 3.08. The Bertz CT molecular complexity index is 937. The van der Waals surface area contributed by atoms with Crippen molar-refractivity contribution in [1.82, 2.24) is 20.4 Å². The topological polar surface area (TPSA) is 85.3 Å². The number of carbonyl (C=O) groups excluding carboxylic acids is 2. The molecule has 1 aromatic carbocycles. The highest BCUT2D eigenvalue weighted by molar-refractivity contribution is 6.30. The van der Waals surface area contributed by atoms with Crippen molar-refractivity contribution in [1.29, 1.82) is 0 Å². The lowest BCUT2D eigenvalue weighted by Gasteiger charge is -2.17. The third kappa shape index (κ3) is 3.27. The van der Waals surface area contributed by atoms with Crippen molar-refractivity contribution in [3.8, 4) is 0 Å². The summed E-state index contributed by atoms with van der Waals surface area (Å²) in [6, 6.07) is 5.48. The molecule has 0 spiro atoms. The van der Waals surface area contributed by atoms with Gasteiger partial charge >= 0.3 is 0 Å². The first kappa shape index (κ1) is 18.9. The summed E-state index contributed by atoms with van der Waals surface area (Å²) in [5.41, 5.74) is 0.944. The largest absolute Gasteiger partial charge is 0.381 e. The predicted octanol–water partition coefficient (Wildman–Crippen LogP) is 2.02. The van der Waals surface area contributed by atoms with Crippen molar-refractivity contribution >= 4 is 23.4 Å². The number of aromatic nitrogens is 2. The molecule has 1 aliphatic heterocycles. The molecule has 1 saturated carbocycles. The van der Waals surface area contributed by atoms with Gasteiger partial charge in [0.05, 0.1) is 24.3 Å². The summed E-state index contributed by atoms with van der Waals surface area (Å²) in [7, 11) is 1.49. The van der Waals surface area contributed by atoms with Crippen LogP contribution in [0.25, 0.3) is 0 Å². The molecule has 2 aliphatic rings. The number of amides is 2. The summed E-state index contributed by atoms with van der Waals surface area (Å²) in [6.07, 6.45) is 0. The van der Waals surface area contributed by atoms with Gasteiger partial charge in [0.1, 0.15) is 11.5 Å². The van der Waals surface area contributed by atoms with Crippen molar-refractivity contribution in [2.75, 3.05) is 20.3 Å². The fourth-order valence-electron chi connectivity index (χ4n) is 3.69. The lowest BCUT2D eigenvalue weighted by molar-refractivity contribution is 0.0915. The number of hydrogen-bond acceptors (Lipinski definition) is 4. The molecule has 148 valence electrons. The van der Waals surface area contributed by atoms with Crippen molar-refractivity contribution in [3.05, 3.63) is 52.1 Å². The van der Waals surface area contributed by atoms with E-state index in [2.05, 4.69) is 15.7 Å². The molecule has 2 amide bonds. The molecule has 2 unspecified atom stereocenters. The molecule has 28 heavy (non-hydrogen) atoms. The van der Waals surface area contributed by atoms with E-state index in [0.29, 0.717) is 30.6 Å². The van der Waals surface area contributed by atoms with Gasteiger partial charge in [0.2, 0.25) is 0 Å². The van der Waals surface area contributed by atoms with E-state index in [1.165, 1.54) is 29.9 Å². The smallest absolute Gasteiger partial charge is 0.271 e. The van der Waals surface area contributed by atoms with Gasteiger partial charge in [0.15, 0.2) is 5.69 Å². The fraction of sp³-hybridized carbons (Fsp3) is 0.421. The van der Waals surface area contributed by atoms with Crippen LogP contribution in [0, 0.1) is 17.7 Å². The number of nitrogens with zero attached hydrogens (tertiary/aromatic N) is 2. The van der Waals surface area contributed by atoms with Gasteiger partial charge in [-0.3, -0.25) is 14.3 Å². The number of rotatable bonds is 5. The van der Waals surface area contributed by atoms with Crippen LogP contribution in [-0.2, 0) is 4.74 Å². The second-order valence-corrected chi connectivity index (χ2v) is 7.56. The van der Waals surface area contributed by atoms with E-state index in [4.69, 9.17) is 16.3 Å². The van der Waals surface area contributed by atoms with Gasteiger partial charge in [0.25, 0.3) is 11.8 Å². The average molecular weight is 407 g/mol. The number of fused-ring (bicyclic) bond motifs is 1. The molecule has 1 saturated heterocycles. The SMILES string of the molecule is CNC(=O)c1cc(C(=O)NC2[C@H]3COC[C@@H]23)n(C(C)c2ccc(Cl)c(F)c2)n1. The zero-order chi connectivity index (χ0) is 20.0. The van der Waals surface area contributed by atoms with Gasteiger partial charge in [-0.05, 0) is 24.6 Å². The molecule has 2 heterocycles. The van der Waals surface area contributed by atoms with Crippen LogP contribution in [0.15, 0.2) is 24.3 Å². The lowest BCUT2D eigenvalue weighted by Crippen LogP contribution is -2.32. The monoisotopic (exact) mass is 406 g/mol. The molecule has 1 aromatic heterocycles. The molecule has 4 atom stereocenters. The van der Waals surface area contributed by atoms with E-state index in [9.17, 15) is 14.0 Å². The number of hydrogen-bond donors (Lipinski definition) is 2.